The highest BCUT2D eigenvalue weighted by Crippen LogP contribution is 2.40. The Morgan fingerprint density at radius 1 is 1.05 bits per heavy atom. The van der Waals surface area contributed by atoms with Crippen molar-refractivity contribution in [3.05, 3.63) is 101 Å². The number of carbonyl (C=O) groups is 1. The van der Waals surface area contributed by atoms with Crippen LogP contribution >= 0.6 is 0 Å². The van der Waals surface area contributed by atoms with Crippen LogP contribution in [-0.4, -0.2) is 49.3 Å². The molecule has 1 aliphatic rings. The van der Waals surface area contributed by atoms with Crippen LogP contribution in [0.4, 0.5) is 0 Å². The van der Waals surface area contributed by atoms with Crippen molar-refractivity contribution in [1.29, 1.82) is 0 Å². The molecule has 3 aromatic carbocycles. The Morgan fingerprint density at radius 2 is 1.71 bits per heavy atom. The van der Waals surface area contributed by atoms with E-state index in [2.05, 4.69) is 66.4 Å². The molecule has 0 spiro atoms. The highest BCUT2D eigenvalue weighted by atomic mass is 16.5. The third kappa shape index (κ3) is 7.50. The summed E-state index contributed by atoms with van der Waals surface area (Å²) in [7, 11) is 4.02. The molecule has 5 heteroatoms. The number of hydrogen-bond donors (Lipinski definition) is 1. The maximum atomic E-state index is 11.1. The van der Waals surface area contributed by atoms with Crippen molar-refractivity contribution in [2.24, 2.45) is 0 Å². The van der Waals surface area contributed by atoms with Crippen molar-refractivity contribution in [1.82, 2.24) is 4.90 Å². The number of ether oxygens (including phenoxy) is 2. The van der Waals surface area contributed by atoms with Gasteiger partial charge < -0.3 is 14.6 Å². The van der Waals surface area contributed by atoms with Crippen molar-refractivity contribution in [3.8, 4) is 23.3 Å². The molecule has 0 bridgehead atoms. The molecule has 5 nitrogen and oxygen atoms in total. The molecule has 0 amide bonds. The van der Waals surface area contributed by atoms with Gasteiger partial charge in [-0.3, -0.25) is 4.90 Å². The Labute approximate surface area is 225 Å². The molecule has 1 unspecified atom stereocenters. The Balaban J connectivity index is 1.52. The number of aryl methyl sites for hydroxylation is 1. The van der Waals surface area contributed by atoms with Crippen LogP contribution in [-0.2, 0) is 4.79 Å². The minimum absolute atomic E-state index is 0.384. The highest BCUT2D eigenvalue weighted by Gasteiger charge is 2.23. The van der Waals surface area contributed by atoms with Crippen LogP contribution < -0.4 is 9.47 Å². The zero-order valence-electron chi connectivity index (χ0n) is 22.5. The molecule has 0 aliphatic heterocycles. The fraction of sp³-hybridized carbons (Fsp3) is 0.303. The molecule has 0 saturated heterocycles. The van der Waals surface area contributed by atoms with Gasteiger partial charge in [-0.2, -0.15) is 0 Å². The molecule has 1 aliphatic carbocycles. The summed E-state index contributed by atoms with van der Waals surface area (Å²) < 4.78 is 11.6. The quantitative estimate of drug-likeness (QED) is 0.332. The number of carboxylic acids is 1. The number of rotatable bonds is 10. The van der Waals surface area contributed by atoms with E-state index in [4.69, 9.17) is 14.6 Å². The van der Waals surface area contributed by atoms with Crippen LogP contribution in [0, 0.1) is 18.8 Å². The molecule has 1 saturated carbocycles. The Kier molecular flexibility index (Phi) is 8.89. The first-order chi connectivity index (χ1) is 18.3. The molecule has 4 rings (SSSR count). The van der Waals surface area contributed by atoms with Crippen molar-refractivity contribution in [2.45, 2.75) is 38.7 Å². The summed E-state index contributed by atoms with van der Waals surface area (Å²) in [5.41, 5.74) is 6.57. The smallest absolute Gasteiger partial charge is 0.344 e. The van der Waals surface area contributed by atoms with E-state index < -0.39 is 12.1 Å². The summed E-state index contributed by atoms with van der Waals surface area (Å²) in [6, 6.07) is 22.6. The second-order valence-electron chi connectivity index (χ2n) is 9.97. The van der Waals surface area contributed by atoms with Gasteiger partial charge in [0.25, 0.3) is 0 Å². The van der Waals surface area contributed by atoms with Gasteiger partial charge in [-0.05, 0) is 111 Å². The van der Waals surface area contributed by atoms with Crippen LogP contribution in [0.15, 0.2) is 72.8 Å². The summed E-state index contributed by atoms with van der Waals surface area (Å²) in [4.78, 5) is 13.1. The Morgan fingerprint density at radius 3 is 2.29 bits per heavy atom. The Bertz CT molecular complexity index is 1340. The molecular weight excluding hydrogens is 474 g/mol. The number of carboxylic acid groups (broad SMARTS) is 1. The van der Waals surface area contributed by atoms with Crippen LogP contribution in [0.1, 0.15) is 53.5 Å². The van der Waals surface area contributed by atoms with E-state index in [9.17, 15) is 4.79 Å². The third-order valence-electron chi connectivity index (χ3n) is 6.43. The largest absolute Gasteiger partial charge is 0.489 e. The fourth-order valence-electron chi connectivity index (χ4n) is 4.09. The number of benzene rings is 3. The first-order valence-electron chi connectivity index (χ1n) is 13.0. The molecule has 1 atom stereocenters. The van der Waals surface area contributed by atoms with Gasteiger partial charge in [0.15, 0.2) is 6.10 Å². The van der Waals surface area contributed by atoms with E-state index >= 15 is 0 Å². The van der Waals surface area contributed by atoms with E-state index in [0.717, 1.165) is 34.4 Å². The van der Waals surface area contributed by atoms with Gasteiger partial charge in [-0.15, -0.1) is 0 Å². The van der Waals surface area contributed by atoms with Crippen LogP contribution in [0.2, 0.25) is 0 Å². The molecular formula is C33H35NO4. The molecule has 0 radical (unpaired) electrons. The lowest BCUT2D eigenvalue weighted by Crippen LogP contribution is -2.23. The lowest BCUT2D eigenvalue weighted by Gasteiger charge is -2.14. The van der Waals surface area contributed by atoms with Crippen molar-refractivity contribution in [3.63, 3.8) is 0 Å². The molecule has 0 aromatic heterocycles. The second kappa shape index (κ2) is 12.5. The molecule has 1 N–H and O–H groups in total. The average Bonchev–Trinajstić information content (AvgIpc) is 3.74. The summed E-state index contributed by atoms with van der Waals surface area (Å²) in [6.07, 6.45) is 3.75. The minimum atomic E-state index is -0.999. The van der Waals surface area contributed by atoms with Gasteiger partial charge in [-0.25, -0.2) is 4.79 Å². The lowest BCUT2D eigenvalue weighted by molar-refractivity contribution is -0.144. The zero-order chi connectivity index (χ0) is 27.1. The number of aliphatic carboxylic acids is 1. The highest BCUT2D eigenvalue weighted by molar-refractivity contribution is 5.80. The van der Waals surface area contributed by atoms with Gasteiger partial charge in [0.2, 0.25) is 0 Å². The van der Waals surface area contributed by atoms with Crippen LogP contribution in [0.25, 0.3) is 5.57 Å². The molecule has 38 heavy (non-hydrogen) atoms. The monoisotopic (exact) mass is 509 g/mol. The lowest BCUT2D eigenvalue weighted by atomic mass is 9.95. The van der Waals surface area contributed by atoms with Crippen LogP contribution in [0.3, 0.4) is 0 Å². The first-order valence-corrected chi connectivity index (χ1v) is 13.0. The summed E-state index contributed by atoms with van der Waals surface area (Å²) in [5.74, 6) is 7.36. The fourth-order valence-corrected chi connectivity index (χ4v) is 4.09. The van der Waals surface area contributed by atoms with E-state index in [-0.39, 0.29) is 0 Å². The number of hydrogen-bond acceptors (Lipinski definition) is 4. The standard InChI is InChI=1S/C33H35NO4/c1-23-22-30(17-18-32(23)38-24(2)33(35)36)37-21-19-31(29-15-13-27(14-16-29)26-11-12-26)28-9-7-25(8-10-28)6-5-20-34(3)4/h7-10,13-19,22,24,26H,11-12,20-21H2,1-4H3,(H,35,36)/b31-19+. The van der Waals surface area contributed by atoms with E-state index in [0.29, 0.717) is 24.0 Å². The molecule has 1 fully saturated rings. The van der Waals surface area contributed by atoms with Gasteiger partial charge >= 0.3 is 5.97 Å². The van der Waals surface area contributed by atoms with Crippen molar-refractivity contribution in [2.75, 3.05) is 27.2 Å². The van der Waals surface area contributed by atoms with Crippen LogP contribution in [0.5, 0.6) is 11.5 Å². The van der Waals surface area contributed by atoms with E-state index in [1.54, 1.807) is 12.1 Å². The summed E-state index contributed by atoms with van der Waals surface area (Å²) >= 11 is 0. The first kappa shape index (κ1) is 27.0. The van der Waals surface area contributed by atoms with Gasteiger partial charge in [0.05, 0.1) is 6.54 Å². The average molecular weight is 510 g/mol. The second-order valence-corrected chi connectivity index (χ2v) is 9.97. The van der Waals surface area contributed by atoms with Crippen molar-refractivity contribution < 1.29 is 19.4 Å². The third-order valence-corrected chi connectivity index (χ3v) is 6.43. The van der Waals surface area contributed by atoms with E-state index in [1.165, 1.54) is 25.3 Å². The van der Waals surface area contributed by atoms with E-state index in [1.807, 2.05) is 32.0 Å². The van der Waals surface area contributed by atoms with Gasteiger partial charge in [-0.1, -0.05) is 48.2 Å². The molecule has 196 valence electrons. The molecule has 3 aromatic rings. The summed E-state index contributed by atoms with van der Waals surface area (Å²) in [6.45, 7) is 4.50. The predicted octanol–water partition coefficient (Wildman–Crippen LogP) is 6.15. The predicted molar refractivity (Wildman–Crippen MR) is 152 cm³/mol. The summed E-state index contributed by atoms with van der Waals surface area (Å²) in [5, 5.41) is 9.10. The van der Waals surface area contributed by atoms with Gasteiger partial charge in [0, 0.05) is 5.56 Å². The topological polar surface area (TPSA) is 59.0 Å². The zero-order valence-corrected chi connectivity index (χ0v) is 22.5. The van der Waals surface area contributed by atoms with Crippen molar-refractivity contribution >= 4 is 11.5 Å². The SMILES string of the molecule is Cc1cc(OC/C=C(\c2ccc(C#CCN(C)C)cc2)c2ccc(C3CC3)cc2)ccc1OC(C)C(=O)O. The Hall–Kier alpha value is -4.01. The normalized spacial score (nSPS) is 14.0. The van der Waals surface area contributed by atoms with Gasteiger partial charge in [0.1, 0.15) is 18.1 Å². The maximum absolute atomic E-state index is 11.1. The molecule has 0 heterocycles. The minimum Gasteiger partial charge on any atom is -0.489 e. The maximum Gasteiger partial charge on any atom is 0.344 e. The number of nitrogens with zero attached hydrogens (tertiary/aromatic N) is 1.